The molecule has 0 atom stereocenters. The van der Waals surface area contributed by atoms with Crippen molar-refractivity contribution in [3.8, 4) is 0 Å². The van der Waals surface area contributed by atoms with Gasteiger partial charge in [-0.3, -0.25) is 0 Å². The van der Waals surface area contributed by atoms with E-state index in [0.29, 0.717) is 0 Å². The van der Waals surface area contributed by atoms with Crippen molar-refractivity contribution in [3.63, 3.8) is 0 Å². The summed E-state index contributed by atoms with van der Waals surface area (Å²) < 4.78 is 67.5. The van der Waals surface area contributed by atoms with Gasteiger partial charge < -0.3 is 0 Å². The first kappa shape index (κ1) is 40.8. The zero-order valence-corrected chi connectivity index (χ0v) is 36.0. The second kappa shape index (κ2) is 17.4. The molecule has 0 aliphatic heterocycles. The van der Waals surface area contributed by atoms with E-state index >= 15 is 17.6 Å². The minimum absolute atomic E-state index is 0.578. The average Bonchev–Trinajstić information content (AvgIpc) is 3.20. The molecule has 0 aliphatic carbocycles. The third-order valence-corrected chi connectivity index (χ3v) is 28.4. The Hall–Kier alpha value is -4.39. The summed E-state index contributed by atoms with van der Waals surface area (Å²) >= 11 is -8.14. The molecule has 0 N–H and O–H groups in total. The summed E-state index contributed by atoms with van der Waals surface area (Å²) in [5.41, 5.74) is -1.78. The average molecular weight is 846 g/mol. The van der Waals surface area contributed by atoms with Crippen LogP contribution in [0.3, 0.4) is 0 Å². The van der Waals surface area contributed by atoms with Crippen molar-refractivity contribution in [1.29, 1.82) is 0 Å². The molecule has 0 unspecified atom stereocenters. The van der Waals surface area contributed by atoms with E-state index < -0.39 is 58.3 Å². The maximum absolute atomic E-state index is 16.3. The van der Waals surface area contributed by atoms with Crippen LogP contribution < -0.4 is 26.4 Å². The molecular weight excluding hydrogens is 798 g/mol. The van der Waals surface area contributed by atoms with E-state index in [9.17, 15) is 0 Å². The fourth-order valence-electron chi connectivity index (χ4n) is 6.88. The van der Waals surface area contributed by atoms with E-state index in [-0.39, 0.29) is 0 Å². The predicted octanol–water partition coefficient (Wildman–Crippen LogP) is 9.79. The van der Waals surface area contributed by atoms with E-state index in [4.69, 9.17) is 0 Å². The zero-order valence-electron chi connectivity index (χ0n) is 31.8. The van der Waals surface area contributed by atoms with E-state index in [0.717, 1.165) is 26.4 Å². The molecule has 0 nitrogen and oxygen atoms in total. The topological polar surface area (TPSA) is 0 Å². The van der Waals surface area contributed by atoms with Gasteiger partial charge >= 0.3 is 326 Å². The molecule has 0 spiro atoms. The number of allylic oxidation sites excluding steroid dienone is 2. The molecular formula is C48H48F4Ge2. The Morgan fingerprint density at radius 2 is 0.444 bits per heavy atom. The van der Waals surface area contributed by atoms with Crippen LogP contribution in [-0.4, -0.2) is 26.5 Å². The summed E-state index contributed by atoms with van der Waals surface area (Å²) in [7, 11) is 0. The third kappa shape index (κ3) is 8.30. The fourth-order valence-corrected chi connectivity index (χ4v) is 25.9. The Kier molecular flexibility index (Phi) is 13.1. The number of hydrogen-bond donors (Lipinski definition) is 0. The molecule has 0 bridgehead atoms. The summed E-state index contributed by atoms with van der Waals surface area (Å²) in [4.78, 5) is 0. The van der Waals surface area contributed by atoms with E-state index in [1.165, 1.54) is 0 Å². The third-order valence-electron chi connectivity index (χ3n) is 9.60. The molecule has 6 aromatic rings. The van der Waals surface area contributed by atoms with Gasteiger partial charge in [0.1, 0.15) is 0 Å². The monoisotopic (exact) mass is 848 g/mol. The van der Waals surface area contributed by atoms with Gasteiger partial charge in [-0.2, -0.15) is 0 Å². The second-order valence-corrected chi connectivity index (χ2v) is 30.9. The van der Waals surface area contributed by atoms with Gasteiger partial charge in [0.05, 0.1) is 0 Å². The Balaban J connectivity index is 0.000000208. The molecule has 0 amide bonds. The summed E-state index contributed by atoms with van der Waals surface area (Å²) in [5, 5.41) is 0. The van der Waals surface area contributed by atoms with Crippen molar-refractivity contribution in [1.82, 2.24) is 0 Å². The number of rotatable bonds is 8. The van der Waals surface area contributed by atoms with Crippen LogP contribution in [0.1, 0.15) is 41.5 Å². The van der Waals surface area contributed by atoms with Crippen molar-refractivity contribution in [2.75, 3.05) is 0 Å². The van der Waals surface area contributed by atoms with Crippen LogP contribution in [-0.2, 0) is 0 Å². The molecule has 276 valence electrons. The van der Waals surface area contributed by atoms with Crippen LogP contribution >= 0.6 is 0 Å². The first-order valence-corrected chi connectivity index (χ1v) is 26.6. The van der Waals surface area contributed by atoms with Crippen LogP contribution in [0.15, 0.2) is 203 Å². The molecule has 0 heterocycles. The summed E-state index contributed by atoms with van der Waals surface area (Å²) in [5.74, 6) is -1.31. The van der Waals surface area contributed by atoms with Crippen LogP contribution in [0.2, 0.25) is 0 Å². The Labute approximate surface area is 324 Å². The van der Waals surface area contributed by atoms with Gasteiger partial charge in [0.2, 0.25) is 0 Å². The Bertz CT molecular complexity index is 1790. The second-order valence-electron chi connectivity index (χ2n) is 15.5. The minimum atomic E-state index is -4.07. The molecule has 6 rings (SSSR count). The van der Waals surface area contributed by atoms with Crippen LogP contribution in [0.4, 0.5) is 17.6 Å². The molecule has 0 saturated heterocycles. The van der Waals surface area contributed by atoms with Gasteiger partial charge in [-0.1, -0.05) is 0 Å². The number of benzene rings is 6. The van der Waals surface area contributed by atoms with Gasteiger partial charge in [-0.25, -0.2) is 0 Å². The quantitative estimate of drug-likeness (QED) is 0.106. The van der Waals surface area contributed by atoms with Crippen LogP contribution in [0.25, 0.3) is 0 Å². The molecule has 0 radical (unpaired) electrons. The van der Waals surface area contributed by atoms with Crippen molar-refractivity contribution >= 4 is 52.9 Å². The molecule has 54 heavy (non-hydrogen) atoms. The van der Waals surface area contributed by atoms with Gasteiger partial charge in [-0.15, -0.1) is 0 Å². The normalized spacial score (nSPS) is 13.2. The first-order chi connectivity index (χ1) is 25.8. The standard InChI is InChI=1S/2C24H24F2Ge/c2*1-24(2,3)22(25)23(26)27(19-13-7-4-8-14-19,20-15-9-5-10-16-20)21-17-11-6-12-18-21/h2*4-18H,1-3H3/b2*23-22-. The fraction of sp³-hybridized carbons (Fsp3) is 0.167. The van der Waals surface area contributed by atoms with Gasteiger partial charge in [0, 0.05) is 0 Å². The number of halogens is 4. The van der Waals surface area contributed by atoms with Crippen LogP contribution in [0, 0.1) is 10.8 Å². The summed E-state index contributed by atoms with van der Waals surface area (Å²) in [6.07, 6.45) is 0. The van der Waals surface area contributed by atoms with E-state index in [1.54, 1.807) is 41.5 Å². The van der Waals surface area contributed by atoms with Gasteiger partial charge in [-0.05, 0) is 0 Å². The van der Waals surface area contributed by atoms with Gasteiger partial charge in [0.15, 0.2) is 0 Å². The van der Waals surface area contributed by atoms with Crippen molar-refractivity contribution in [2.24, 2.45) is 10.8 Å². The zero-order chi connectivity index (χ0) is 39.0. The number of hydrogen-bond acceptors (Lipinski definition) is 0. The van der Waals surface area contributed by atoms with E-state index in [1.807, 2.05) is 182 Å². The molecule has 0 saturated carbocycles. The van der Waals surface area contributed by atoms with E-state index in [2.05, 4.69) is 0 Å². The Morgan fingerprint density at radius 1 is 0.296 bits per heavy atom. The first-order valence-electron chi connectivity index (χ1n) is 18.2. The summed E-state index contributed by atoms with van der Waals surface area (Å²) in [6, 6.07) is 57.6. The molecule has 6 heteroatoms. The Morgan fingerprint density at radius 3 is 0.574 bits per heavy atom. The molecule has 6 aromatic carbocycles. The molecule has 0 fully saturated rings. The SMILES string of the molecule is CC(C)(C)/C(F)=[C](\F)[Ge]([c]1ccccc1)([c]1ccccc1)[c]1ccccc1.CC(C)(C)/C(F)=[C](\F)[Ge]([c]1ccccc1)([c]1ccccc1)[c]1ccccc1. The predicted molar refractivity (Wildman–Crippen MR) is 225 cm³/mol. The van der Waals surface area contributed by atoms with Crippen molar-refractivity contribution in [2.45, 2.75) is 41.5 Å². The maximum atomic E-state index is 16.3. The molecule has 0 aliphatic rings. The molecule has 0 aromatic heterocycles. The van der Waals surface area contributed by atoms with Crippen molar-refractivity contribution < 1.29 is 17.6 Å². The van der Waals surface area contributed by atoms with Crippen LogP contribution in [0.5, 0.6) is 0 Å². The van der Waals surface area contributed by atoms with Gasteiger partial charge in [0.25, 0.3) is 0 Å². The van der Waals surface area contributed by atoms with Crippen molar-refractivity contribution in [3.05, 3.63) is 203 Å². The summed E-state index contributed by atoms with van der Waals surface area (Å²) in [6.45, 7) is 10.3.